The van der Waals surface area contributed by atoms with E-state index in [0.717, 1.165) is 23.5 Å². The first-order chi connectivity index (χ1) is 9.19. The van der Waals surface area contributed by atoms with Gasteiger partial charge in [-0.3, -0.25) is 0 Å². The van der Waals surface area contributed by atoms with E-state index in [9.17, 15) is 0 Å². The molecule has 0 fully saturated rings. The monoisotopic (exact) mass is 340 g/mol. The number of halogens is 1. The molecule has 0 saturated heterocycles. The highest BCUT2D eigenvalue weighted by molar-refractivity contribution is 9.10. The highest BCUT2D eigenvalue weighted by Gasteiger charge is 2.13. The Kier molecular flexibility index (Phi) is 6.53. The molecule has 114 valence electrons. The van der Waals surface area contributed by atoms with E-state index < -0.39 is 0 Å². The second kappa shape index (κ2) is 7.46. The van der Waals surface area contributed by atoms with Gasteiger partial charge in [0.1, 0.15) is 0 Å². The quantitative estimate of drug-likeness (QED) is 0.798. The lowest BCUT2D eigenvalue weighted by Crippen LogP contribution is -2.35. The van der Waals surface area contributed by atoms with Gasteiger partial charge in [-0.2, -0.15) is 0 Å². The normalized spacial score (nSPS) is 12.0. The van der Waals surface area contributed by atoms with Gasteiger partial charge in [-0.15, -0.1) is 0 Å². The minimum atomic E-state index is 0.135. The molecule has 1 N–H and O–H groups in total. The number of anilines is 1. The average Bonchev–Trinajstić information content (AvgIpc) is 2.32. The summed E-state index contributed by atoms with van der Waals surface area (Å²) in [5.74, 6) is 0.740. The number of rotatable bonds is 6. The van der Waals surface area contributed by atoms with Gasteiger partial charge in [0, 0.05) is 35.8 Å². The lowest BCUT2D eigenvalue weighted by molar-refractivity contribution is 0.424. The summed E-state index contributed by atoms with van der Waals surface area (Å²) in [5.41, 5.74) is 2.81. The Hall–Kier alpha value is -0.540. The van der Waals surface area contributed by atoms with Gasteiger partial charge < -0.3 is 10.2 Å². The summed E-state index contributed by atoms with van der Waals surface area (Å²) in [4.78, 5) is 2.37. The number of hydrogen-bond acceptors (Lipinski definition) is 2. The van der Waals surface area contributed by atoms with Crippen molar-refractivity contribution in [2.24, 2.45) is 5.92 Å². The van der Waals surface area contributed by atoms with Crippen molar-refractivity contribution in [2.75, 3.05) is 18.5 Å². The Bertz CT molecular complexity index is 421. The number of nitrogens with one attached hydrogen (secondary N) is 1. The van der Waals surface area contributed by atoms with Crippen LogP contribution in [0.4, 0.5) is 5.69 Å². The van der Waals surface area contributed by atoms with Gasteiger partial charge in [-0.05, 0) is 56.9 Å². The number of benzene rings is 1. The molecule has 0 saturated carbocycles. The molecule has 0 radical (unpaired) electrons. The van der Waals surface area contributed by atoms with Gasteiger partial charge >= 0.3 is 0 Å². The standard InChI is InChI=1S/C17H29BrN2/c1-13(2)9-10-20(6)16-8-7-15(18)11-14(16)12-19-17(3,4)5/h7-8,11,13,19H,9-10,12H2,1-6H3. The van der Waals surface area contributed by atoms with Crippen molar-refractivity contribution < 1.29 is 0 Å². The van der Waals surface area contributed by atoms with Crippen LogP contribution in [0, 0.1) is 5.92 Å². The Balaban J connectivity index is 2.83. The van der Waals surface area contributed by atoms with E-state index in [1.807, 2.05) is 0 Å². The van der Waals surface area contributed by atoms with Crippen LogP contribution in [0.1, 0.15) is 46.6 Å². The molecule has 0 aromatic heterocycles. The van der Waals surface area contributed by atoms with E-state index >= 15 is 0 Å². The zero-order chi connectivity index (χ0) is 15.3. The highest BCUT2D eigenvalue weighted by atomic mass is 79.9. The van der Waals surface area contributed by atoms with Gasteiger partial charge in [-0.1, -0.05) is 29.8 Å². The van der Waals surface area contributed by atoms with Crippen LogP contribution in [0.5, 0.6) is 0 Å². The van der Waals surface area contributed by atoms with E-state index in [2.05, 4.69) is 86.0 Å². The first-order valence-corrected chi connectivity index (χ1v) is 8.23. The molecule has 0 amide bonds. The zero-order valence-electron chi connectivity index (χ0n) is 13.8. The maximum atomic E-state index is 3.58. The summed E-state index contributed by atoms with van der Waals surface area (Å²) in [6.07, 6.45) is 1.22. The summed E-state index contributed by atoms with van der Waals surface area (Å²) in [6, 6.07) is 6.56. The second-order valence-electron chi connectivity index (χ2n) is 6.98. The van der Waals surface area contributed by atoms with Crippen molar-refractivity contribution in [3.8, 4) is 0 Å². The largest absolute Gasteiger partial charge is 0.374 e. The molecular weight excluding hydrogens is 312 g/mol. The predicted octanol–water partition coefficient (Wildman–Crippen LogP) is 4.82. The summed E-state index contributed by atoms with van der Waals surface area (Å²) < 4.78 is 1.14. The second-order valence-corrected chi connectivity index (χ2v) is 7.90. The third-order valence-corrected chi connectivity index (χ3v) is 3.80. The molecule has 1 rings (SSSR count). The van der Waals surface area contributed by atoms with E-state index in [1.165, 1.54) is 17.7 Å². The van der Waals surface area contributed by atoms with Crippen LogP contribution in [0.2, 0.25) is 0 Å². The first kappa shape index (κ1) is 17.5. The maximum absolute atomic E-state index is 3.58. The molecule has 0 aliphatic rings. The SMILES string of the molecule is CC(C)CCN(C)c1ccc(Br)cc1CNC(C)(C)C. The van der Waals surface area contributed by atoms with Crippen molar-refractivity contribution in [2.45, 2.75) is 53.1 Å². The Morgan fingerprint density at radius 2 is 1.90 bits per heavy atom. The van der Waals surface area contributed by atoms with E-state index in [-0.39, 0.29) is 5.54 Å². The van der Waals surface area contributed by atoms with Gasteiger partial charge in [0.05, 0.1) is 0 Å². The molecule has 0 heterocycles. The van der Waals surface area contributed by atoms with Crippen LogP contribution >= 0.6 is 15.9 Å². The molecule has 20 heavy (non-hydrogen) atoms. The topological polar surface area (TPSA) is 15.3 Å². The molecule has 0 atom stereocenters. The van der Waals surface area contributed by atoms with Crippen molar-refractivity contribution in [3.05, 3.63) is 28.2 Å². The fourth-order valence-electron chi connectivity index (χ4n) is 2.00. The van der Waals surface area contributed by atoms with Gasteiger partial charge in [0.2, 0.25) is 0 Å². The highest BCUT2D eigenvalue weighted by Crippen LogP contribution is 2.25. The lowest BCUT2D eigenvalue weighted by Gasteiger charge is -2.26. The smallest absolute Gasteiger partial charge is 0.0410 e. The lowest BCUT2D eigenvalue weighted by atomic mass is 10.1. The van der Waals surface area contributed by atoms with Crippen LogP contribution in [0.3, 0.4) is 0 Å². The summed E-state index contributed by atoms with van der Waals surface area (Å²) in [6.45, 7) is 13.1. The molecule has 0 spiro atoms. The Morgan fingerprint density at radius 1 is 1.25 bits per heavy atom. The van der Waals surface area contributed by atoms with Gasteiger partial charge in [0.25, 0.3) is 0 Å². The van der Waals surface area contributed by atoms with Gasteiger partial charge in [0.15, 0.2) is 0 Å². The average molecular weight is 341 g/mol. The van der Waals surface area contributed by atoms with Crippen LogP contribution in [-0.2, 0) is 6.54 Å². The van der Waals surface area contributed by atoms with Crippen LogP contribution in [-0.4, -0.2) is 19.1 Å². The van der Waals surface area contributed by atoms with Crippen molar-refractivity contribution in [1.29, 1.82) is 0 Å². The number of nitrogens with zero attached hydrogens (tertiary/aromatic N) is 1. The minimum absolute atomic E-state index is 0.135. The molecule has 0 aliphatic heterocycles. The first-order valence-electron chi connectivity index (χ1n) is 7.43. The number of hydrogen-bond donors (Lipinski definition) is 1. The predicted molar refractivity (Wildman–Crippen MR) is 93.5 cm³/mol. The maximum Gasteiger partial charge on any atom is 0.0410 e. The van der Waals surface area contributed by atoms with Crippen molar-refractivity contribution in [3.63, 3.8) is 0 Å². The fraction of sp³-hybridized carbons (Fsp3) is 0.647. The molecule has 1 aromatic rings. The van der Waals surface area contributed by atoms with Crippen molar-refractivity contribution in [1.82, 2.24) is 5.32 Å². The molecular formula is C17H29BrN2. The zero-order valence-corrected chi connectivity index (χ0v) is 15.3. The van der Waals surface area contributed by atoms with Crippen LogP contribution < -0.4 is 10.2 Å². The van der Waals surface area contributed by atoms with Crippen LogP contribution in [0.25, 0.3) is 0 Å². The third-order valence-electron chi connectivity index (χ3n) is 3.30. The van der Waals surface area contributed by atoms with Crippen LogP contribution in [0.15, 0.2) is 22.7 Å². The Morgan fingerprint density at radius 3 is 2.45 bits per heavy atom. The summed E-state index contributed by atoms with van der Waals surface area (Å²) in [5, 5.41) is 3.58. The molecule has 0 aliphatic carbocycles. The van der Waals surface area contributed by atoms with E-state index in [0.29, 0.717) is 0 Å². The van der Waals surface area contributed by atoms with Crippen molar-refractivity contribution >= 4 is 21.6 Å². The van der Waals surface area contributed by atoms with E-state index in [4.69, 9.17) is 0 Å². The summed E-state index contributed by atoms with van der Waals surface area (Å²) >= 11 is 3.58. The van der Waals surface area contributed by atoms with E-state index in [1.54, 1.807) is 0 Å². The Labute approximate surface area is 133 Å². The molecule has 0 unspecified atom stereocenters. The minimum Gasteiger partial charge on any atom is -0.374 e. The molecule has 3 heteroatoms. The summed E-state index contributed by atoms with van der Waals surface area (Å²) in [7, 11) is 2.19. The fourth-order valence-corrected chi connectivity index (χ4v) is 2.41. The molecule has 1 aromatic carbocycles. The molecule has 0 bridgehead atoms. The molecule has 2 nitrogen and oxygen atoms in total. The third kappa shape index (κ3) is 6.27. The van der Waals surface area contributed by atoms with Gasteiger partial charge in [-0.25, -0.2) is 0 Å².